The predicted octanol–water partition coefficient (Wildman–Crippen LogP) is 3.33. The van der Waals surface area contributed by atoms with Crippen molar-refractivity contribution in [3.63, 3.8) is 0 Å². The summed E-state index contributed by atoms with van der Waals surface area (Å²) in [5.41, 5.74) is 1.64. The molecule has 2 aromatic heterocycles. The third kappa shape index (κ3) is 2.42. The van der Waals surface area contributed by atoms with Crippen molar-refractivity contribution < 1.29 is 14.3 Å². The van der Waals surface area contributed by atoms with E-state index in [0.29, 0.717) is 17.6 Å². The fraction of sp³-hybridized carbons (Fsp3) is 0.250. The largest absolute Gasteiger partial charge is 0.478 e. The SMILES string of the molecule is CCCc1nc2cccc(C(=O)O)c2n1Cc1ccco1. The second kappa shape index (κ2) is 5.44. The van der Waals surface area contributed by atoms with Crippen molar-refractivity contribution in [1.29, 1.82) is 0 Å². The number of carboxylic acids is 1. The van der Waals surface area contributed by atoms with Gasteiger partial charge in [-0.3, -0.25) is 0 Å². The fourth-order valence-electron chi connectivity index (χ4n) is 2.55. The number of nitrogens with zero attached hydrogens (tertiary/aromatic N) is 2. The lowest BCUT2D eigenvalue weighted by atomic mass is 10.2. The maximum atomic E-state index is 11.5. The first-order valence-electron chi connectivity index (χ1n) is 6.94. The second-order valence-electron chi connectivity index (χ2n) is 4.92. The molecule has 0 unspecified atom stereocenters. The van der Waals surface area contributed by atoms with Gasteiger partial charge in [-0.2, -0.15) is 0 Å². The van der Waals surface area contributed by atoms with Crippen LogP contribution in [0.2, 0.25) is 0 Å². The Kier molecular flexibility index (Phi) is 3.48. The summed E-state index contributed by atoms with van der Waals surface area (Å²) in [6.07, 6.45) is 3.37. The molecule has 2 heterocycles. The molecule has 1 N–H and O–H groups in total. The van der Waals surface area contributed by atoms with Crippen molar-refractivity contribution >= 4 is 17.0 Å². The zero-order valence-corrected chi connectivity index (χ0v) is 11.7. The molecule has 0 radical (unpaired) electrons. The smallest absolute Gasteiger partial charge is 0.337 e. The molecule has 3 rings (SSSR count). The molecule has 1 aromatic carbocycles. The maximum Gasteiger partial charge on any atom is 0.337 e. The van der Waals surface area contributed by atoms with Gasteiger partial charge in [0, 0.05) is 6.42 Å². The highest BCUT2D eigenvalue weighted by Crippen LogP contribution is 2.23. The van der Waals surface area contributed by atoms with Crippen LogP contribution in [0.15, 0.2) is 41.0 Å². The van der Waals surface area contributed by atoms with Gasteiger partial charge in [-0.1, -0.05) is 13.0 Å². The molecule has 21 heavy (non-hydrogen) atoms. The summed E-state index contributed by atoms with van der Waals surface area (Å²) in [6.45, 7) is 2.57. The van der Waals surface area contributed by atoms with Gasteiger partial charge in [0.05, 0.1) is 29.4 Å². The number of benzene rings is 1. The van der Waals surface area contributed by atoms with Crippen LogP contribution in [0.5, 0.6) is 0 Å². The van der Waals surface area contributed by atoms with Gasteiger partial charge in [0.15, 0.2) is 0 Å². The molecule has 3 aromatic rings. The Morgan fingerprint density at radius 2 is 2.19 bits per heavy atom. The minimum Gasteiger partial charge on any atom is -0.478 e. The van der Waals surface area contributed by atoms with Crippen molar-refractivity contribution in [1.82, 2.24) is 9.55 Å². The number of carboxylic acid groups (broad SMARTS) is 1. The van der Waals surface area contributed by atoms with E-state index in [1.807, 2.05) is 22.8 Å². The summed E-state index contributed by atoms with van der Waals surface area (Å²) in [5, 5.41) is 9.41. The molecular weight excluding hydrogens is 268 g/mol. The van der Waals surface area contributed by atoms with Crippen molar-refractivity contribution in [3.05, 3.63) is 53.7 Å². The van der Waals surface area contributed by atoms with Crippen LogP contribution in [0.25, 0.3) is 11.0 Å². The minimum absolute atomic E-state index is 0.272. The number of rotatable bonds is 5. The molecule has 0 amide bonds. The van der Waals surface area contributed by atoms with Gasteiger partial charge in [0.1, 0.15) is 11.6 Å². The van der Waals surface area contributed by atoms with E-state index >= 15 is 0 Å². The monoisotopic (exact) mass is 284 g/mol. The lowest BCUT2D eigenvalue weighted by Gasteiger charge is -2.08. The summed E-state index contributed by atoms with van der Waals surface area (Å²) >= 11 is 0. The summed E-state index contributed by atoms with van der Waals surface area (Å²) in [7, 11) is 0. The van der Waals surface area contributed by atoms with Gasteiger partial charge in [-0.05, 0) is 30.7 Å². The number of fused-ring (bicyclic) bond motifs is 1. The van der Waals surface area contributed by atoms with Crippen LogP contribution in [0.4, 0.5) is 0 Å². The van der Waals surface area contributed by atoms with Crippen LogP contribution >= 0.6 is 0 Å². The lowest BCUT2D eigenvalue weighted by Crippen LogP contribution is -2.07. The molecule has 0 spiro atoms. The van der Waals surface area contributed by atoms with E-state index in [1.54, 1.807) is 18.4 Å². The van der Waals surface area contributed by atoms with Crippen molar-refractivity contribution in [2.75, 3.05) is 0 Å². The maximum absolute atomic E-state index is 11.5. The highest BCUT2D eigenvalue weighted by molar-refractivity contribution is 6.01. The molecule has 0 atom stereocenters. The number of aromatic nitrogens is 2. The number of furan rings is 1. The molecule has 108 valence electrons. The van der Waals surface area contributed by atoms with Crippen molar-refractivity contribution in [2.24, 2.45) is 0 Å². The molecule has 0 aliphatic heterocycles. The summed E-state index contributed by atoms with van der Waals surface area (Å²) in [6, 6.07) is 8.89. The number of hydrogen-bond acceptors (Lipinski definition) is 3. The Morgan fingerprint density at radius 1 is 1.33 bits per heavy atom. The minimum atomic E-state index is -0.941. The van der Waals surface area contributed by atoms with Crippen molar-refractivity contribution in [3.8, 4) is 0 Å². The molecule has 0 aliphatic carbocycles. The van der Waals surface area contributed by atoms with Crippen molar-refractivity contribution in [2.45, 2.75) is 26.3 Å². The standard InChI is InChI=1S/C16H16N2O3/c1-2-5-14-17-13-8-3-7-12(16(19)20)15(13)18(14)10-11-6-4-9-21-11/h3-4,6-9H,2,5,10H2,1H3,(H,19,20). The lowest BCUT2D eigenvalue weighted by molar-refractivity contribution is 0.0698. The second-order valence-corrected chi connectivity index (χ2v) is 4.92. The van der Waals surface area contributed by atoms with E-state index in [0.717, 1.165) is 24.4 Å². The van der Waals surface area contributed by atoms with E-state index < -0.39 is 5.97 Å². The third-order valence-electron chi connectivity index (χ3n) is 3.44. The van der Waals surface area contributed by atoms with Crippen LogP contribution in [-0.4, -0.2) is 20.6 Å². The van der Waals surface area contributed by atoms with Gasteiger partial charge in [0.25, 0.3) is 0 Å². The van der Waals surface area contributed by atoms with Gasteiger partial charge in [0.2, 0.25) is 0 Å². The zero-order valence-electron chi connectivity index (χ0n) is 11.7. The van der Waals surface area contributed by atoms with E-state index in [9.17, 15) is 9.90 Å². The highest BCUT2D eigenvalue weighted by Gasteiger charge is 2.17. The molecule has 0 fully saturated rings. The molecular formula is C16H16N2O3. The fourth-order valence-corrected chi connectivity index (χ4v) is 2.55. The molecule has 5 heteroatoms. The Morgan fingerprint density at radius 3 is 2.86 bits per heavy atom. The van der Waals surface area contributed by atoms with Crippen LogP contribution < -0.4 is 0 Å². The molecule has 5 nitrogen and oxygen atoms in total. The van der Waals surface area contributed by atoms with E-state index in [1.165, 1.54) is 0 Å². The molecule has 0 bridgehead atoms. The number of aromatic carboxylic acids is 1. The first-order valence-corrected chi connectivity index (χ1v) is 6.94. The number of hydrogen-bond donors (Lipinski definition) is 1. The Labute approximate surface area is 121 Å². The number of carbonyl (C=O) groups is 1. The first kappa shape index (κ1) is 13.4. The summed E-state index contributed by atoms with van der Waals surface area (Å²) < 4.78 is 7.34. The van der Waals surface area contributed by atoms with Gasteiger partial charge >= 0.3 is 5.97 Å². The van der Waals surface area contributed by atoms with Crippen LogP contribution in [-0.2, 0) is 13.0 Å². The zero-order chi connectivity index (χ0) is 14.8. The number of imidazole rings is 1. The van der Waals surface area contributed by atoms with Crippen LogP contribution in [0, 0.1) is 0 Å². The van der Waals surface area contributed by atoms with E-state index in [2.05, 4.69) is 11.9 Å². The summed E-state index contributed by atoms with van der Waals surface area (Å²) in [5.74, 6) is 0.730. The number of para-hydroxylation sites is 1. The van der Waals surface area contributed by atoms with Crippen LogP contribution in [0.3, 0.4) is 0 Å². The molecule has 0 saturated carbocycles. The topological polar surface area (TPSA) is 68.3 Å². The Balaban J connectivity index is 2.21. The van der Waals surface area contributed by atoms with E-state index in [4.69, 9.17) is 4.42 Å². The van der Waals surface area contributed by atoms with Crippen LogP contribution in [0.1, 0.15) is 35.3 Å². The van der Waals surface area contributed by atoms with Gasteiger partial charge < -0.3 is 14.1 Å². The average molecular weight is 284 g/mol. The first-order chi connectivity index (χ1) is 10.2. The highest BCUT2D eigenvalue weighted by atomic mass is 16.4. The Bertz CT molecular complexity index is 772. The van der Waals surface area contributed by atoms with Gasteiger partial charge in [-0.25, -0.2) is 9.78 Å². The predicted molar refractivity (Wildman–Crippen MR) is 78.5 cm³/mol. The quantitative estimate of drug-likeness (QED) is 0.780. The molecule has 0 aliphatic rings. The average Bonchev–Trinajstić information content (AvgIpc) is 3.08. The molecule has 0 saturated heterocycles. The Hall–Kier alpha value is -2.56. The normalized spacial score (nSPS) is 11.1. The van der Waals surface area contributed by atoms with Gasteiger partial charge in [-0.15, -0.1) is 0 Å². The summed E-state index contributed by atoms with van der Waals surface area (Å²) in [4.78, 5) is 16.1. The van der Waals surface area contributed by atoms with E-state index in [-0.39, 0.29) is 5.56 Å². The third-order valence-corrected chi connectivity index (χ3v) is 3.44. The number of aryl methyl sites for hydroxylation is 1.